The second kappa shape index (κ2) is 1.68. The molecule has 0 aromatic carbocycles. The molecule has 0 heterocycles. The topological polar surface area (TPSA) is 61.8 Å². The van der Waals surface area contributed by atoms with Gasteiger partial charge in [-0.1, -0.05) is 0 Å². The van der Waals surface area contributed by atoms with Crippen LogP contribution in [0.5, 0.6) is 0 Å². The first-order valence-electron chi connectivity index (χ1n) is 0.974. The van der Waals surface area contributed by atoms with Crippen LogP contribution in [-0.4, -0.2) is 17.2 Å². The zero-order valence-corrected chi connectivity index (χ0v) is 2.63. The van der Waals surface area contributed by atoms with E-state index in [2.05, 4.69) is 17.7 Å². The summed E-state index contributed by atoms with van der Waals surface area (Å²) in [5.74, 6) is 4.45. The average molecular weight is 75.1 g/mol. The Bertz CT molecular complexity index is 33.9. The van der Waals surface area contributed by atoms with Gasteiger partial charge in [0, 0.05) is 6.72 Å². The summed E-state index contributed by atoms with van der Waals surface area (Å²) in [6, 6.07) is 0. The number of hydrazine groups is 1. The van der Waals surface area contributed by atoms with Crippen molar-refractivity contribution in [2.24, 2.45) is 10.9 Å². The van der Waals surface area contributed by atoms with Crippen LogP contribution in [0.1, 0.15) is 0 Å². The number of nitrogens with zero attached hydrogens (tertiary/aromatic N) is 2. The van der Waals surface area contributed by atoms with Crippen molar-refractivity contribution in [2.75, 3.05) is 0 Å². The molecule has 3 N–H and O–H groups in total. The normalized spacial score (nSPS) is 6.80. The summed E-state index contributed by atoms with van der Waals surface area (Å²) in [5, 5.41) is 10.7. The molecule has 4 heteroatoms. The Balaban J connectivity index is 2.83. The van der Waals surface area contributed by atoms with Crippen LogP contribution in [-0.2, 0) is 0 Å². The molecule has 0 radical (unpaired) electrons. The molecular formula is CH5N3O. The van der Waals surface area contributed by atoms with Crippen LogP contribution in [0.15, 0.2) is 5.10 Å². The van der Waals surface area contributed by atoms with Gasteiger partial charge in [-0.25, -0.2) is 5.84 Å². The van der Waals surface area contributed by atoms with Gasteiger partial charge in [0.1, 0.15) is 0 Å². The highest BCUT2D eigenvalue weighted by molar-refractivity contribution is 5.21. The van der Waals surface area contributed by atoms with Crippen LogP contribution in [0.3, 0.4) is 0 Å². The van der Waals surface area contributed by atoms with Crippen LogP contribution >= 0.6 is 0 Å². The average Bonchev–Trinajstić information content (AvgIpc) is 1.38. The Hall–Kier alpha value is -0.610. The van der Waals surface area contributed by atoms with E-state index in [1.54, 1.807) is 0 Å². The minimum atomic E-state index is 0.139. The SMILES string of the molecule is C=NN(N)O. The molecule has 30 valence electrons. The molecule has 0 atom stereocenters. The van der Waals surface area contributed by atoms with E-state index in [0.717, 1.165) is 0 Å². The van der Waals surface area contributed by atoms with E-state index < -0.39 is 0 Å². The predicted molar refractivity (Wildman–Crippen MR) is 17.4 cm³/mol. The van der Waals surface area contributed by atoms with Crippen molar-refractivity contribution in [3.8, 4) is 0 Å². The minimum Gasteiger partial charge on any atom is -0.257 e. The molecule has 0 aliphatic heterocycles. The third kappa shape index (κ3) is 3.39. The zero-order valence-electron chi connectivity index (χ0n) is 2.63. The Morgan fingerprint density at radius 3 is 2.20 bits per heavy atom. The highest BCUT2D eigenvalue weighted by atomic mass is 16.6. The molecule has 0 aliphatic carbocycles. The number of nitrogens with two attached hydrogens (primary N) is 1. The Kier molecular flexibility index (Phi) is 1.48. The minimum absolute atomic E-state index is 0.139. The molecule has 0 saturated heterocycles. The standard InChI is InChI=1S/CH5N3O/c1-3-4(2)5/h5H,1-2H2. The largest absolute Gasteiger partial charge is 0.257 e. The molecule has 0 aromatic heterocycles. The maximum Gasteiger partial charge on any atom is 0.0148 e. The molecule has 0 aromatic rings. The summed E-state index contributed by atoms with van der Waals surface area (Å²) in [4.78, 5) is 0. The second-order valence-corrected chi connectivity index (χ2v) is 0.462. The monoisotopic (exact) mass is 75.0 g/mol. The van der Waals surface area contributed by atoms with Gasteiger partial charge in [0.25, 0.3) is 0 Å². The summed E-state index contributed by atoms with van der Waals surface area (Å²) in [5.41, 5.74) is 0. The number of hydrazone groups is 1. The maximum atomic E-state index is 7.74. The lowest BCUT2D eigenvalue weighted by molar-refractivity contribution is -0.0906. The van der Waals surface area contributed by atoms with Crippen molar-refractivity contribution in [3.63, 3.8) is 0 Å². The molecule has 0 fully saturated rings. The van der Waals surface area contributed by atoms with E-state index in [1.165, 1.54) is 0 Å². The van der Waals surface area contributed by atoms with E-state index in [-0.39, 0.29) is 5.28 Å². The van der Waals surface area contributed by atoms with Crippen molar-refractivity contribution in [3.05, 3.63) is 0 Å². The van der Waals surface area contributed by atoms with Crippen LogP contribution in [0.25, 0.3) is 0 Å². The maximum absolute atomic E-state index is 7.74. The van der Waals surface area contributed by atoms with Gasteiger partial charge in [0.15, 0.2) is 0 Å². The van der Waals surface area contributed by atoms with E-state index in [4.69, 9.17) is 5.21 Å². The second-order valence-electron chi connectivity index (χ2n) is 0.462. The smallest absolute Gasteiger partial charge is 0.0148 e. The zero-order chi connectivity index (χ0) is 4.28. The Morgan fingerprint density at radius 2 is 2.20 bits per heavy atom. The van der Waals surface area contributed by atoms with E-state index in [0.29, 0.717) is 0 Å². The molecule has 0 rings (SSSR count). The first-order valence-corrected chi connectivity index (χ1v) is 0.974. The van der Waals surface area contributed by atoms with E-state index in [9.17, 15) is 0 Å². The lowest BCUT2D eigenvalue weighted by Crippen LogP contribution is -2.18. The lowest BCUT2D eigenvalue weighted by atomic mass is 11.7. The van der Waals surface area contributed by atoms with Crippen molar-refractivity contribution in [2.45, 2.75) is 0 Å². The first kappa shape index (κ1) is 4.39. The van der Waals surface area contributed by atoms with Crippen LogP contribution < -0.4 is 5.84 Å². The van der Waals surface area contributed by atoms with Gasteiger partial charge in [-0.3, -0.25) is 5.21 Å². The number of hydrogen-bond donors (Lipinski definition) is 2. The summed E-state index contributed by atoms with van der Waals surface area (Å²) in [7, 11) is 0. The van der Waals surface area contributed by atoms with Gasteiger partial charge >= 0.3 is 0 Å². The highest BCUT2D eigenvalue weighted by Gasteiger charge is 1.64. The van der Waals surface area contributed by atoms with Crippen molar-refractivity contribution in [1.29, 1.82) is 0 Å². The molecule has 0 saturated carbocycles. The molecule has 5 heavy (non-hydrogen) atoms. The third-order valence-electron chi connectivity index (χ3n) is 0.145. The highest BCUT2D eigenvalue weighted by Crippen LogP contribution is 1.54. The summed E-state index contributed by atoms with van der Waals surface area (Å²) in [6.45, 7) is 2.86. The van der Waals surface area contributed by atoms with Crippen molar-refractivity contribution in [1.82, 2.24) is 5.28 Å². The lowest BCUT2D eigenvalue weighted by Gasteiger charge is -1.93. The molecule has 4 nitrogen and oxygen atoms in total. The van der Waals surface area contributed by atoms with Gasteiger partial charge in [0.2, 0.25) is 0 Å². The predicted octanol–water partition coefficient (Wildman–Crippen LogP) is -0.833. The summed E-state index contributed by atoms with van der Waals surface area (Å²) < 4.78 is 0. The Labute approximate surface area is 29.4 Å². The van der Waals surface area contributed by atoms with E-state index >= 15 is 0 Å². The summed E-state index contributed by atoms with van der Waals surface area (Å²) >= 11 is 0. The Morgan fingerprint density at radius 1 is 2.00 bits per heavy atom. The molecule has 0 amide bonds. The van der Waals surface area contributed by atoms with Gasteiger partial charge in [-0.05, 0) is 0 Å². The molecular weight excluding hydrogens is 70.0 g/mol. The van der Waals surface area contributed by atoms with Gasteiger partial charge < -0.3 is 0 Å². The van der Waals surface area contributed by atoms with Crippen LogP contribution in [0.2, 0.25) is 0 Å². The van der Waals surface area contributed by atoms with Crippen molar-refractivity contribution >= 4 is 6.72 Å². The fraction of sp³-hybridized carbons (Fsp3) is 0. The van der Waals surface area contributed by atoms with Crippen LogP contribution in [0.4, 0.5) is 0 Å². The molecule has 0 aliphatic rings. The fourth-order valence-corrected chi connectivity index (χ4v) is 0. The number of hydrogen-bond acceptors (Lipinski definition) is 4. The first-order chi connectivity index (χ1) is 2.27. The van der Waals surface area contributed by atoms with Gasteiger partial charge in [-0.15, -0.1) is 5.28 Å². The number of rotatable bonds is 1. The molecule has 0 unspecified atom stereocenters. The fourth-order valence-electron chi connectivity index (χ4n) is 0. The van der Waals surface area contributed by atoms with Gasteiger partial charge in [0.05, 0.1) is 0 Å². The summed E-state index contributed by atoms with van der Waals surface area (Å²) in [6.07, 6.45) is 0. The quantitative estimate of drug-likeness (QED) is 0.243. The molecule has 0 spiro atoms. The van der Waals surface area contributed by atoms with Gasteiger partial charge in [-0.2, -0.15) is 5.10 Å². The van der Waals surface area contributed by atoms with Crippen LogP contribution in [0, 0.1) is 0 Å². The molecule has 0 bridgehead atoms. The van der Waals surface area contributed by atoms with E-state index in [1.807, 2.05) is 0 Å². The van der Waals surface area contributed by atoms with Crippen molar-refractivity contribution < 1.29 is 5.21 Å². The third-order valence-corrected chi connectivity index (χ3v) is 0.145.